The Labute approximate surface area is 208 Å². The number of amides is 1. The minimum atomic E-state index is -0.0587. The summed E-state index contributed by atoms with van der Waals surface area (Å²) < 4.78 is 4.28. The van der Waals surface area contributed by atoms with Crippen molar-refractivity contribution in [3.05, 3.63) is 83.5 Å². The molecule has 2 aromatic carbocycles. The fraction of sp³-hybridized carbons (Fsp3) is 0.214. The molecule has 0 radical (unpaired) electrons. The Hall–Kier alpha value is -3.68. The van der Waals surface area contributed by atoms with E-state index in [-0.39, 0.29) is 5.91 Å². The van der Waals surface area contributed by atoms with Crippen molar-refractivity contribution in [2.75, 3.05) is 27.2 Å². The van der Waals surface area contributed by atoms with Gasteiger partial charge < -0.3 is 14.8 Å². The lowest BCUT2D eigenvalue weighted by Gasteiger charge is -2.09. The monoisotopic (exact) mass is 481 g/mol. The number of aromatic nitrogens is 3. The standard InChI is InChI=1S/C28H27N5OS/c1-31(2)14-8-15-33-24-12-6-4-10-20(24)27(30-33)26-21(17-29-28(26)34)22-18-32(25-13-7-16-35-25)23-11-5-3-9-19(22)23/h3-7,9-13,16,18H,8,14-15,17H2,1-2H3,(H,29,34). The van der Waals surface area contributed by atoms with E-state index < -0.39 is 0 Å². The number of carbonyl (C=O) groups excluding carboxylic acids is 1. The third kappa shape index (κ3) is 3.77. The molecule has 1 aliphatic heterocycles. The van der Waals surface area contributed by atoms with Gasteiger partial charge >= 0.3 is 0 Å². The molecule has 3 aromatic heterocycles. The van der Waals surface area contributed by atoms with E-state index in [4.69, 9.17) is 5.10 Å². The second kappa shape index (κ2) is 8.83. The summed E-state index contributed by atoms with van der Waals surface area (Å²) in [5.74, 6) is -0.0587. The van der Waals surface area contributed by atoms with Gasteiger partial charge in [-0.05, 0) is 62.3 Å². The second-order valence-electron chi connectivity index (χ2n) is 9.16. The van der Waals surface area contributed by atoms with Crippen molar-refractivity contribution in [3.8, 4) is 5.00 Å². The normalized spacial score (nSPS) is 14.1. The summed E-state index contributed by atoms with van der Waals surface area (Å²) in [6.45, 7) is 2.29. The van der Waals surface area contributed by atoms with Crippen molar-refractivity contribution in [2.24, 2.45) is 0 Å². The predicted molar refractivity (Wildman–Crippen MR) is 144 cm³/mol. The molecule has 1 aliphatic rings. The van der Waals surface area contributed by atoms with Gasteiger partial charge in [0.2, 0.25) is 0 Å². The van der Waals surface area contributed by atoms with E-state index in [9.17, 15) is 4.79 Å². The van der Waals surface area contributed by atoms with Gasteiger partial charge in [-0.25, -0.2) is 0 Å². The molecular formula is C28H27N5OS. The lowest BCUT2D eigenvalue weighted by atomic mass is 9.98. The molecule has 5 aromatic rings. The van der Waals surface area contributed by atoms with E-state index in [1.807, 2.05) is 12.1 Å². The van der Waals surface area contributed by atoms with E-state index >= 15 is 0 Å². The van der Waals surface area contributed by atoms with Gasteiger partial charge in [0.15, 0.2) is 0 Å². The van der Waals surface area contributed by atoms with Crippen LogP contribution < -0.4 is 5.32 Å². The van der Waals surface area contributed by atoms with E-state index in [0.717, 1.165) is 63.1 Å². The van der Waals surface area contributed by atoms with E-state index in [0.29, 0.717) is 12.1 Å². The van der Waals surface area contributed by atoms with Crippen LogP contribution in [0, 0.1) is 0 Å². The molecule has 0 atom stereocenters. The Morgan fingerprint density at radius 2 is 1.77 bits per heavy atom. The smallest absolute Gasteiger partial charge is 0.254 e. The Bertz CT molecular complexity index is 1570. The number of carbonyl (C=O) groups is 1. The molecule has 7 heteroatoms. The number of fused-ring (bicyclic) bond motifs is 2. The highest BCUT2D eigenvalue weighted by atomic mass is 32.1. The third-order valence-corrected chi connectivity index (χ3v) is 7.47. The highest BCUT2D eigenvalue weighted by Gasteiger charge is 2.30. The van der Waals surface area contributed by atoms with Crippen LogP contribution in [0.3, 0.4) is 0 Å². The van der Waals surface area contributed by atoms with Gasteiger partial charge in [-0.15, -0.1) is 11.3 Å². The van der Waals surface area contributed by atoms with Crippen molar-refractivity contribution in [1.82, 2.24) is 24.6 Å². The maximum atomic E-state index is 13.3. The summed E-state index contributed by atoms with van der Waals surface area (Å²) in [6.07, 6.45) is 3.16. The number of para-hydroxylation sites is 2. The fourth-order valence-electron chi connectivity index (χ4n) is 4.99. The number of hydrogen-bond acceptors (Lipinski definition) is 4. The van der Waals surface area contributed by atoms with Crippen molar-refractivity contribution in [3.63, 3.8) is 0 Å². The molecule has 1 N–H and O–H groups in total. The first-order valence-electron chi connectivity index (χ1n) is 11.9. The van der Waals surface area contributed by atoms with Crippen LogP contribution in [-0.2, 0) is 11.3 Å². The predicted octanol–water partition coefficient (Wildman–Crippen LogP) is 5.03. The Morgan fingerprint density at radius 3 is 2.54 bits per heavy atom. The first-order valence-corrected chi connectivity index (χ1v) is 12.8. The molecule has 35 heavy (non-hydrogen) atoms. The summed E-state index contributed by atoms with van der Waals surface area (Å²) >= 11 is 1.70. The average Bonchev–Trinajstić information content (AvgIpc) is 3.64. The van der Waals surface area contributed by atoms with Gasteiger partial charge in [0.1, 0.15) is 5.69 Å². The molecule has 6 rings (SSSR count). The Kier molecular flexibility index (Phi) is 5.51. The number of aryl methyl sites for hydroxylation is 1. The maximum absolute atomic E-state index is 13.3. The SMILES string of the molecule is CN(C)CCCn1nc(C2=C(c3cn(-c4cccs4)c4ccccc34)CNC2=O)c2ccccc21. The highest BCUT2D eigenvalue weighted by Crippen LogP contribution is 2.38. The average molecular weight is 482 g/mol. The summed E-state index contributed by atoms with van der Waals surface area (Å²) in [4.78, 5) is 15.4. The first-order chi connectivity index (χ1) is 17.1. The number of hydrogen-bond donors (Lipinski definition) is 1. The molecule has 6 nitrogen and oxygen atoms in total. The van der Waals surface area contributed by atoms with Crippen LogP contribution in [0.4, 0.5) is 0 Å². The van der Waals surface area contributed by atoms with Crippen molar-refractivity contribution >= 4 is 50.2 Å². The van der Waals surface area contributed by atoms with E-state index in [1.54, 1.807) is 11.3 Å². The summed E-state index contributed by atoms with van der Waals surface area (Å²) in [5, 5.41) is 13.5. The molecule has 0 spiro atoms. The molecule has 0 bridgehead atoms. The molecule has 176 valence electrons. The van der Waals surface area contributed by atoms with Crippen LogP contribution in [0.25, 0.3) is 38.0 Å². The van der Waals surface area contributed by atoms with E-state index in [1.165, 1.54) is 0 Å². The topological polar surface area (TPSA) is 55.1 Å². The van der Waals surface area contributed by atoms with Gasteiger partial charge in [-0.2, -0.15) is 5.10 Å². The van der Waals surface area contributed by atoms with Gasteiger partial charge in [0.25, 0.3) is 5.91 Å². The van der Waals surface area contributed by atoms with Crippen LogP contribution in [0.2, 0.25) is 0 Å². The van der Waals surface area contributed by atoms with Gasteiger partial charge in [-0.1, -0.05) is 36.4 Å². The van der Waals surface area contributed by atoms with Crippen LogP contribution in [0.1, 0.15) is 17.7 Å². The lowest BCUT2D eigenvalue weighted by Crippen LogP contribution is -2.17. The van der Waals surface area contributed by atoms with Crippen molar-refractivity contribution < 1.29 is 4.79 Å². The number of nitrogens with one attached hydrogen (secondary N) is 1. The van der Waals surface area contributed by atoms with Crippen LogP contribution >= 0.6 is 11.3 Å². The van der Waals surface area contributed by atoms with Gasteiger partial charge in [0.05, 0.1) is 21.6 Å². The quantitative estimate of drug-likeness (QED) is 0.355. The number of thiophene rings is 1. The zero-order valence-corrected chi connectivity index (χ0v) is 20.7. The van der Waals surface area contributed by atoms with Crippen molar-refractivity contribution in [1.29, 1.82) is 0 Å². The van der Waals surface area contributed by atoms with Gasteiger partial charge in [0, 0.05) is 35.6 Å². The van der Waals surface area contributed by atoms with Crippen LogP contribution in [-0.4, -0.2) is 52.3 Å². The number of benzene rings is 2. The molecule has 0 aliphatic carbocycles. The molecule has 0 unspecified atom stereocenters. The fourth-order valence-corrected chi connectivity index (χ4v) is 5.71. The van der Waals surface area contributed by atoms with Crippen LogP contribution in [0.15, 0.2) is 72.2 Å². The zero-order valence-electron chi connectivity index (χ0n) is 19.9. The molecule has 0 fully saturated rings. The zero-order chi connectivity index (χ0) is 23.9. The van der Waals surface area contributed by atoms with E-state index in [2.05, 4.69) is 93.7 Å². The summed E-state index contributed by atoms with van der Waals surface area (Å²) in [6, 6.07) is 20.8. The highest BCUT2D eigenvalue weighted by molar-refractivity contribution is 7.12. The summed E-state index contributed by atoms with van der Waals surface area (Å²) in [7, 11) is 4.17. The number of nitrogens with zero attached hydrogens (tertiary/aromatic N) is 4. The van der Waals surface area contributed by atoms with Crippen molar-refractivity contribution in [2.45, 2.75) is 13.0 Å². The Balaban J connectivity index is 1.54. The van der Waals surface area contributed by atoms with Gasteiger partial charge in [-0.3, -0.25) is 9.48 Å². The lowest BCUT2D eigenvalue weighted by molar-refractivity contribution is -0.114. The molecule has 1 amide bonds. The largest absolute Gasteiger partial charge is 0.348 e. The molecule has 4 heterocycles. The number of rotatable bonds is 7. The molecular weight excluding hydrogens is 454 g/mol. The minimum Gasteiger partial charge on any atom is -0.348 e. The van der Waals surface area contributed by atoms with Crippen LogP contribution in [0.5, 0.6) is 0 Å². The Morgan fingerprint density at radius 1 is 1.00 bits per heavy atom. The second-order valence-corrected chi connectivity index (χ2v) is 10.1. The molecule has 0 saturated heterocycles. The third-order valence-electron chi connectivity index (χ3n) is 6.61. The first kappa shape index (κ1) is 21.8. The molecule has 0 saturated carbocycles. The summed E-state index contributed by atoms with van der Waals surface area (Å²) in [5.41, 5.74) is 5.73. The minimum absolute atomic E-state index is 0.0587. The maximum Gasteiger partial charge on any atom is 0.254 e.